The van der Waals surface area contributed by atoms with E-state index >= 15 is 0 Å². The lowest BCUT2D eigenvalue weighted by atomic mass is 9.73. The van der Waals surface area contributed by atoms with E-state index in [1.165, 1.54) is 17.7 Å². The summed E-state index contributed by atoms with van der Waals surface area (Å²) in [5, 5.41) is 15.1. The van der Waals surface area contributed by atoms with Crippen LogP contribution in [0.1, 0.15) is 44.6 Å². The number of hydrogen-bond donors (Lipinski definition) is 3. The molecule has 2 aromatic rings. The predicted molar refractivity (Wildman–Crippen MR) is 125 cm³/mol. The molecule has 8 heteroatoms. The average Bonchev–Trinajstić information content (AvgIpc) is 2.79. The first-order valence-electron chi connectivity index (χ1n) is 11.4. The van der Waals surface area contributed by atoms with Gasteiger partial charge in [0.2, 0.25) is 11.8 Å². The van der Waals surface area contributed by atoms with Crippen LogP contribution >= 0.6 is 0 Å². The number of hydrogen-bond acceptors (Lipinski definition) is 5. The van der Waals surface area contributed by atoms with Crippen LogP contribution in [0, 0.1) is 11.8 Å². The molecule has 1 aliphatic heterocycles. The minimum Gasteiger partial charge on any atom is -0.391 e. The van der Waals surface area contributed by atoms with Crippen LogP contribution in [-0.4, -0.2) is 42.7 Å². The summed E-state index contributed by atoms with van der Waals surface area (Å²) in [6, 6.07) is 15.0. The molecule has 1 aliphatic carbocycles. The van der Waals surface area contributed by atoms with Crippen molar-refractivity contribution in [1.29, 1.82) is 0 Å². The van der Waals surface area contributed by atoms with Gasteiger partial charge in [0, 0.05) is 23.6 Å². The number of fused-ring (bicyclic) bond motifs is 1. The Kier molecular flexibility index (Phi) is 6.59. The summed E-state index contributed by atoms with van der Waals surface area (Å²) in [4.78, 5) is 25.6. The second-order valence-corrected chi connectivity index (χ2v) is 11.4. The molecular formula is C25H30N2O5S. The van der Waals surface area contributed by atoms with Crippen LogP contribution in [0.5, 0.6) is 0 Å². The van der Waals surface area contributed by atoms with Crippen LogP contribution in [0.2, 0.25) is 0 Å². The van der Waals surface area contributed by atoms with Crippen LogP contribution in [0.25, 0.3) is 0 Å². The van der Waals surface area contributed by atoms with Gasteiger partial charge in [-0.15, -0.1) is 0 Å². The fourth-order valence-corrected chi connectivity index (χ4v) is 6.68. The topological polar surface area (TPSA) is 113 Å². The lowest BCUT2D eigenvalue weighted by Crippen LogP contribution is -2.63. The number of piperidine rings is 1. The highest BCUT2D eigenvalue weighted by Crippen LogP contribution is 2.38. The SMILES string of the molecule is CC(C)c1ccc(NC(=O)C2CCC3C(C2)NC(=O)C(S(=O)(=O)c2ccccc2)C3O)cc1. The van der Waals surface area contributed by atoms with Crippen molar-refractivity contribution in [2.75, 3.05) is 5.32 Å². The quantitative estimate of drug-likeness (QED) is 0.622. The van der Waals surface area contributed by atoms with Crippen molar-refractivity contribution < 1.29 is 23.1 Å². The Morgan fingerprint density at radius 1 is 1.06 bits per heavy atom. The van der Waals surface area contributed by atoms with Crippen LogP contribution in [0.3, 0.4) is 0 Å². The largest absolute Gasteiger partial charge is 0.391 e. The molecule has 5 unspecified atom stereocenters. The Morgan fingerprint density at radius 3 is 2.36 bits per heavy atom. The number of carbonyl (C=O) groups is 2. The van der Waals surface area contributed by atoms with Gasteiger partial charge in [-0.2, -0.15) is 0 Å². The Morgan fingerprint density at radius 2 is 1.73 bits per heavy atom. The Hall–Kier alpha value is -2.71. The zero-order valence-corrected chi connectivity index (χ0v) is 19.6. The molecule has 7 nitrogen and oxygen atoms in total. The van der Waals surface area contributed by atoms with Gasteiger partial charge in [-0.25, -0.2) is 8.42 Å². The maximum absolute atomic E-state index is 13.0. The lowest BCUT2D eigenvalue weighted by Gasteiger charge is -2.44. The minimum absolute atomic E-state index is 0.0131. The molecule has 176 valence electrons. The standard InChI is InChI=1S/C25H30N2O5S/c1-15(2)16-8-11-18(12-9-16)26-24(29)17-10-13-20-21(14-17)27-25(30)23(22(20)28)33(31,32)19-6-4-3-5-7-19/h3-9,11-12,15,17,20-23,28H,10,13-14H2,1-2H3,(H,26,29)(H,27,30). The summed E-state index contributed by atoms with van der Waals surface area (Å²) in [5.41, 5.74) is 1.90. The fourth-order valence-electron chi connectivity index (χ4n) is 4.93. The zero-order valence-electron chi connectivity index (χ0n) is 18.8. The number of aliphatic hydroxyl groups excluding tert-OH is 1. The zero-order chi connectivity index (χ0) is 23.8. The summed E-state index contributed by atoms with van der Waals surface area (Å²) in [6.07, 6.45) is 0.0162. The normalized spacial score (nSPS) is 27.5. The third-order valence-electron chi connectivity index (χ3n) is 6.86. The van der Waals surface area contributed by atoms with Gasteiger partial charge >= 0.3 is 0 Å². The molecule has 3 N–H and O–H groups in total. The van der Waals surface area contributed by atoms with Crippen molar-refractivity contribution in [2.45, 2.75) is 61.3 Å². The van der Waals surface area contributed by atoms with E-state index in [1.54, 1.807) is 18.2 Å². The van der Waals surface area contributed by atoms with Gasteiger partial charge in [-0.3, -0.25) is 9.59 Å². The molecular weight excluding hydrogens is 440 g/mol. The number of rotatable bonds is 5. The molecule has 2 aromatic carbocycles. The van der Waals surface area contributed by atoms with Crippen LogP contribution in [0.4, 0.5) is 5.69 Å². The molecule has 1 heterocycles. The second kappa shape index (κ2) is 9.27. The summed E-state index contributed by atoms with van der Waals surface area (Å²) < 4.78 is 26.1. The average molecular weight is 471 g/mol. The van der Waals surface area contributed by atoms with Crippen LogP contribution in [0.15, 0.2) is 59.5 Å². The van der Waals surface area contributed by atoms with Crippen LogP contribution in [-0.2, 0) is 19.4 Å². The smallest absolute Gasteiger partial charge is 0.241 e. The van der Waals surface area contributed by atoms with E-state index in [0.29, 0.717) is 30.9 Å². The first-order valence-corrected chi connectivity index (χ1v) is 12.9. The monoisotopic (exact) mass is 470 g/mol. The van der Waals surface area contributed by atoms with Gasteiger partial charge in [-0.1, -0.05) is 44.2 Å². The maximum Gasteiger partial charge on any atom is 0.241 e. The van der Waals surface area contributed by atoms with Gasteiger partial charge in [0.25, 0.3) is 0 Å². The number of aliphatic hydroxyl groups is 1. The maximum atomic E-state index is 13.0. The number of benzene rings is 2. The van der Waals surface area contributed by atoms with Gasteiger partial charge in [0.15, 0.2) is 15.1 Å². The highest BCUT2D eigenvalue weighted by molar-refractivity contribution is 7.92. The first kappa shape index (κ1) is 23.4. The Balaban J connectivity index is 1.44. The number of anilines is 1. The van der Waals surface area contributed by atoms with Crippen LogP contribution < -0.4 is 10.6 Å². The molecule has 5 atom stereocenters. The molecule has 2 aliphatic rings. The molecule has 1 saturated heterocycles. The van der Waals surface area contributed by atoms with Crippen molar-refractivity contribution in [2.24, 2.45) is 11.8 Å². The Bertz CT molecular complexity index is 1120. The van der Waals surface area contributed by atoms with E-state index < -0.39 is 39.1 Å². The van der Waals surface area contributed by atoms with Gasteiger partial charge in [0.05, 0.1) is 11.0 Å². The summed E-state index contributed by atoms with van der Waals surface area (Å²) >= 11 is 0. The van der Waals surface area contributed by atoms with E-state index in [2.05, 4.69) is 24.5 Å². The van der Waals surface area contributed by atoms with Gasteiger partial charge in [-0.05, 0) is 55.0 Å². The molecule has 0 spiro atoms. The number of nitrogens with one attached hydrogen (secondary N) is 2. The summed E-state index contributed by atoms with van der Waals surface area (Å²) in [7, 11) is -4.03. The van der Waals surface area contributed by atoms with Crippen molar-refractivity contribution in [3.63, 3.8) is 0 Å². The molecule has 0 aromatic heterocycles. The summed E-state index contributed by atoms with van der Waals surface area (Å²) in [6.45, 7) is 4.21. The summed E-state index contributed by atoms with van der Waals surface area (Å²) in [5.74, 6) is -1.18. The first-order chi connectivity index (χ1) is 15.7. The molecule has 2 fully saturated rings. The van der Waals surface area contributed by atoms with Gasteiger partial charge < -0.3 is 15.7 Å². The van der Waals surface area contributed by atoms with Gasteiger partial charge in [0.1, 0.15) is 0 Å². The van der Waals surface area contributed by atoms with Crippen molar-refractivity contribution in [3.8, 4) is 0 Å². The number of sulfone groups is 1. The van der Waals surface area contributed by atoms with E-state index in [4.69, 9.17) is 0 Å². The highest BCUT2D eigenvalue weighted by atomic mass is 32.2. The fraction of sp³-hybridized carbons (Fsp3) is 0.440. The molecule has 2 amide bonds. The van der Waals surface area contributed by atoms with Crippen molar-refractivity contribution in [1.82, 2.24) is 5.32 Å². The predicted octanol–water partition coefficient (Wildman–Crippen LogP) is 2.87. The number of carbonyl (C=O) groups excluding carboxylic acids is 2. The molecule has 1 saturated carbocycles. The third-order valence-corrected chi connectivity index (χ3v) is 8.95. The highest BCUT2D eigenvalue weighted by Gasteiger charge is 2.52. The molecule has 33 heavy (non-hydrogen) atoms. The second-order valence-electron chi connectivity index (χ2n) is 9.32. The van der Waals surface area contributed by atoms with E-state index in [0.717, 1.165) is 0 Å². The molecule has 0 bridgehead atoms. The van der Waals surface area contributed by atoms with E-state index in [-0.39, 0.29) is 16.7 Å². The minimum atomic E-state index is -4.03. The molecule has 4 rings (SSSR count). The van der Waals surface area contributed by atoms with Crippen molar-refractivity contribution in [3.05, 3.63) is 60.2 Å². The van der Waals surface area contributed by atoms with Crippen molar-refractivity contribution >= 4 is 27.3 Å². The molecule has 0 radical (unpaired) electrons. The number of amides is 2. The third kappa shape index (κ3) is 4.68. The Labute approximate surface area is 194 Å². The lowest BCUT2D eigenvalue weighted by molar-refractivity contribution is -0.132. The van der Waals surface area contributed by atoms with E-state index in [1.807, 2.05) is 24.3 Å². The van der Waals surface area contributed by atoms with E-state index in [9.17, 15) is 23.1 Å².